The molecule has 0 saturated heterocycles. The summed E-state index contributed by atoms with van der Waals surface area (Å²) in [6.45, 7) is 1.09. The van der Waals surface area contributed by atoms with Crippen molar-refractivity contribution < 1.29 is 9.53 Å². The molecule has 2 aromatic carbocycles. The molecule has 0 atom stereocenters. The van der Waals surface area contributed by atoms with Crippen molar-refractivity contribution in [3.05, 3.63) is 89.6 Å². The summed E-state index contributed by atoms with van der Waals surface area (Å²) in [6.07, 6.45) is 1.57. The van der Waals surface area contributed by atoms with E-state index in [1.807, 2.05) is 54.6 Å². The molecule has 0 saturated carbocycles. The maximum Gasteiger partial charge on any atom is 0.253 e. The van der Waals surface area contributed by atoms with E-state index in [9.17, 15) is 4.79 Å². The highest BCUT2D eigenvalue weighted by Crippen LogP contribution is 2.17. The Bertz CT molecular complexity index is 849. The van der Waals surface area contributed by atoms with Crippen molar-refractivity contribution in [3.8, 4) is 5.75 Å². The fraction of sp³-hybridized carbons (Fsp3) is 0.143. The van der Waals surface area contributed by atoms with Gasteiger partial charge in [0.1, 0.15) is 11.6 Å². The van der Waals surface area contributed by atoms with E-state index < -0.39 is 0 Å². The number of carbonyl (C=O) groups is 1. The standard InChI is InChI=1S/C21H21N3O2/c1-26-19-10-6-5-9-17(19)14-24-21(25)18-11-12-20(23-15-18)22-13-16-7-3-2-4-8-16/h2-12,15H,13-14H2,1H3,(H,22,23)(H,24,25). The molecule has 0 spiro atoms. The number of pyridine rings is 1. The molecule has 0 unspecified atom stereocenters. The summed E-state index contributed by atoms with van der Waals surface area (Å²) in [6, 6.07) is 21.3. The molecule has 0 bridgehead atoms. The Morgan fingerprint density at radius 2 is 1.73 bits per heavy atom. The molecule has 3 rings (SSSR count). The summed E-state index contributed by atoms with van der Waals surface area (Å²) in [5.41, 5.74) is 2.62. The van der Waals surface area contributed by atoms with Crippen molar-refractivity contribution in [2.45, 2.75) is 13.1 Å². The van der Waals surface area contributed by atoms with Gasteiger partial charge in [-0.3, -0.25) is 4.79 Å². The molecule has 5 heteroatoms. The maximum atomic E-state index is 12.3. The molecule has 0 aliphatic carbocycles. The SMILES string of the molecule is COc1ccccc1CNC(=O)c1ccc(NCc2ccccc2)nc1. The predicted octanol–water partition coefficient (Wildman–Crippen LogP) is 3.63. The molecular weight excluding hydrogens is 326 g/mol. The number of benzene rings is 2. The summed E-state index contributed by atoms with van der Waals surface area (Å²) in [5.74, 6) is 1.32. The molecule has 1 heterocycles. The number of hydrogen-bond acceptors (Lipinski definition) is 4. The lowest BCUT2D eigenvalue weighted by molar-refractivity contribution is 0.0950. The van der Waals surface area contributed by atoms with Crippen molar-refractivity contribution in [2.75, 3.05) is 12.4 Å². The lowest BCUT2D eigenvalue weighted by Crippen LogP contribution is -2.23. The average molecular weight is 347 g/mol. The first kappa shape index (κ1) is 17.5. The molecule has 132 valence electrons. The van der Waals surface area contributed by atoms with Gasteiger partial charge >= 0.3 is 0 Å². The van der Waals surface area contributed by atoms with Crippen molar-refractivity contribution in [1.29, 1.82) is 0 Å². The zero-order chi connectivity index (χ0) is 18.2. The Morgan fingerprint density at radius 3 is 2.46 bits per heavy atom. The third-order valence-corrected chi connectivity index (χ3v) is 3.97. The molecular formula is C21H21N3O2. The smallest absolute Gasteiger partial charge is 0.253 e. The first-order chi connectivity index (χ1) is 12.8. The Hall–Kier alpha value is -3.34. The normalized spacial score (nSPS) is 10.2. The van der Waals surface area contributed by atoms with Gasteiger partial charge in [-0.15, -0.1) is 0 Å². The molecule has 5 nitrogen and oxygen atoms in total. The van der Waals surface area contributed by atoms with Crippen LogP contribution in [0.15, 0.2) is 72.9 Å². The Labute approximate surface area is 153 Å². The van der Waals surface area contributed by atoms with Crippen LogP contribution in [0.1, 0.15) is 21.5 Å². The molecule has 2 N–H and O–H groups in total. The number of amides is 1. The van der Waals surface area contributed by atoms with Gasteiger partial charge in [0, 0.05) is 24.8 Å². The van der Waals surface area contributed by atoms with E-state index >= 15 is 0 Å². The topological polar surface area (TPSA) is 63.2 Å². The van der Waals surface area contributed by atoms with E-state index in [1.54, 1.807) is 25.4 Å². The molecule has 0 aliphatic rings. The number of nitrogens with one attached hydrogen (secondary N) is 2. The van der Waals surface area contributed by atoms with Gasteiger partial charge in [0.25, 0.3) is 5.91 Å². The van der Waals surface area contributed by atoms with Crippen LogP contribution < -0.4 is 15.4 Å². The van der Waals surface area contributed by atoms with E-state index in [2.05, 4.69) is 15.6 Å². The Morgan fingerprint density at radius 1 is 0.962 bits per heavy atom. The van der Waals surface area contributed by atoms with Crippen molar-refractivity contribution in [2.24, 2.45) is 0 Å². The van der Waals surface area contributed by atoms with Crippen molar-refractivity contribution >= 4 is 11.7 Å². The van der Waals surface area contributed by atoms with Crippen LogP contribution >= 0.6 is 0 Å². The predicted molar refractivity (Wildman–Crippen MR) is 102 cm³/mol. The second kappa shape index (κ2) is 8.67. The average Bonchev–Trinajstić information content (AvgIpc) is 2.72. The molecule has 0 aliphatic heterocycles. The van der Waals surface area contributed by atoms with Gasteiger partial charge in [0.05, 0.1) is 12.7 Å². The third kappa shape index (κ3) is 4.60. The highest BCUT2D eigenvalue weighted by molar-refractivity contribution is 5.94. The van der Waals surface area contributed by atoms with E-state index in [0.29, 0.717) is 18.7 Å². The minimum absolute atomic E-state index is 0.169. The monoisotopic (exact) mass is 347 g/mol. The lowest BCUT2D eigenvalue weighted by atomic mass is 10.2. The second-order valence-electron chi connectivity index (χ2n) is 5.77. The number of aromatic nitrogens is 1. The van der Waals surface area contributed by atoms with Crippen LogP contribution in [0.2, 0.25) is 0 Å². The summed E-state index contributed by atoms with van der Waals surface area (Å²) < 4.78 is 5.29. The van der Waals surface area contributed by atoms with Crippen LogP contribution in [-0.4, -0.2) is 18.0 Å². The highest BCUT2D eigenvalue weighted by atomic mass is 16.5. The lowest BCUT2D eigenvalue weighted by Gasteiger charge is -2.10. The minimum atomic E-state index is -0.169. The number of nitrogens with zero attached hydrogens (tertiary/aromatic N) is 1. The number of methoxy groups -OCH3 is 1. The van der Waals surface area contributed by atoms with E-state index in [4.69, 9.17) is 4.74 Å². The van der Waals surface area contributed by atoms with Crippen LogP contribution in [0.4, 0.5) is 5.82 Å². The largest absolute Gasteiger partial charge is 0.496 e. The van der Waals surface area contributed by atoms with Crippen LogP contribution in [0.5, 0.6) is 5.75 Å². The van der Waals surface area contributed by atoms with E-state index in [1.165, 1.54) is 5.56 Å². The Kier molecular flexibility index (Phi) is 5.83. The number of hydrogen-bond donors (Lipinski definition) is 2. The van der Waals surface area contributed by atoms with Crippen LogP contribution in [-0.2, 0) is 13.1 Å². The first-order valence-electron chi connectivity index (χ1n) is 8.40. The molecule has 3 aromatic rings. The maximum absolute atomic E-state index is 12.3. The first-order valence-corrected chi connectivity index (χ1v) is 8.40. The molecule has 0 radical (unpaired) electrons. The summed E-state index contributed by atoms with van der Waals surface area (Å²) >= 11 is 0. The van der Waals surface area contributed by atoms with Gasteiger partial charge in [-0.05, 0) is 23.8 Å². The third-order valence-electron chi connectivity index (χ3n) is 3.97. The van der Waals surface area contributed by atoms with Gasteiger partial charge in [-0.2, -0.15) is 0 Å². The van der Waals surface area contributed by atoms with Crippen LogP contribution in [0.25, 0.3) is 0 Å². The summed E-state index contributed by atoms with van der Waals surface area (Å²) in [5, 5.41) is 6.13. The number of ether oxygens (including phenoxy) is 1. The van der Waals surface area contributed by atoms with Gasteiger partial charge in [0.15, 0.2) is 0 Å². The summed E-state index contributed by atoms with van der Waals surface area (Å²) in [4.78, 5) is 16.6. The van der Waals surface area contributed by atoms with Gasteiger partial charge in [-0.1, -0.05) is 48.5 Å². The zero-order valence-corrected chi connectivity index (χ0v) is 14.6. The molecule has 26 heavy (non-hydrogen) atoms. The van der Waals surface area contributed by atoms with Crippen molar-refractivity contribution in [3.63, 3.8) is 0 Å². The zero-order valence-electron chi connectivity index (χ0n) is 14.6. The van der Waals surface area contributed by atoms with Crippen molar-refractivity contribution in [1.82, 2.24) is 10.3 Å². The van der Waals surface area contributed by atoms with E-state index in [-0.39, 0.29) is 5.91 Å². The van der Waals surface area contributed by atoms with E-state index in [0.717, 1.165) is 17.1 Å². The molecule has 1 amide bonds. The Balaban J connectivity index is 1.55. The molecule has 0 fully saturated rings. The van der Waals surface area contributed by atoms with Gasteiger partial charge in [0.2, 0.25) is 0 Å². The molecule has 1 aromatic heterocycles. The fourth-order valence-electron chi connectivity index (χ4n) is 2.55. The quantitative estimate of drug-likeness (QED) is 0.685. The number of para-hydroxylation sites is 1. The van der Waals surface area contributed by atoms with Gasteiger partial charge < -0.3 is 15.4 Å². The number of rotatable bonds is 7. The number of anilines is 1. The minimum Gasteiger partial charge on any atom is -0.496 e. The van der Waals surface area contributed by atoms with Gasteiger partial charge in [-0.25, -0.2) is 4.98 Å². The number of carbonyl (C=O) groups excluding carboxylic acids is 1. The highest BCUT2D eigenvalue weighted by Gasteiger charge is 2.08. The fourth-order valence-corrected chi connectivity index (χ4v) is 2.55. The van der Waals surface area contributed by atoms with Crippen LogP contribution in [0.3, 0.4) is 0 Å². The summed E-state index contributed by atoms with van der Waals surface area (Å²) in [7, 11) is 1.62. The second-order valence-corrected chi connectivity index (χ2v) is 5.77. The van der Waals surface area contributed by atoms with Crippen LogP contribution in [0, 0.1) is 0 Å².